The third kappa shape index (κ3) is 5.59. The van der Waals surface area contributed by atoms with Gasteiger partial charge in [0.15, 0.2) is 22.3 Å². The van der Waals surface area contributed by atoms with Crippen molar-refractivity contribution in [1.29, 1.82) is 0 Å². The quantitative estimate of drug-likeness (QED) is 0.176. The molecule has 0 saturated heterocycles. The minimum Gasteiger partial charge on any atom is -0.493 e. The van der Waals surface area contributed by atoms with E-state index in [4.69, 9.17) is 21.1 Å². The van der Waals surface area contributed by atoms with Crippen molar-refractivity contribution < 1.29 is 9.47 Å². The van der Waals surface area contributed by atoms with Gasteiger partial charge in [0.25, 0.3) is 5.56 Å². The maximum absolute atomic E-state index is 12.8. The number of methoxy groups -OCH3 is 1. The second-order valence-corrected chi connectivity index (χ2v) is 9.40. The van der Waals surface area contributed by atoms with Gasteiger partial charge in [0.05, 0.1) is 30.9 Å². The summed E-state index contributed by atoms with van der Waals surface area (Å²) in [6, 6.07) is 22.6. The number of nitrogens with one attached hydrogen (secondary N) is 1. The first-order valence-electron chi connectivity index (χ1n) is 11.5. The highest BCUT2D eigenvalue weighted by molar-refractivity contribution is 7.14. The molecule has 0 aliphatic heterocycles. The lowest BCUT2D eigenvalue weighted by atomic mass is 10.2. The first-order valence-corrected chi connectivity index (χ1v) is 12.8. The summed E-state index contributed by atoms with van der Waals surface area (Å²) in [6.45, 7) is 1.97. The van der Waals surface area contributed by atoms with E-state index < -0.39 is 5.56 Å². The van der Waals surface area contributed by atoms with Gasteiger partial charge in [-0.15, -0.1) is 11.3 Å². The second kappa shape index (κ2) is 11.3. The fraction of sp³-hybridized carbons (Fsp3) is 0.0714. The van der Waals surface area contributed by atoms with Gasteiger partial charge in [0.2, 0.25) is 5.13 Å². The lowest BCUT2D eigenvalue weighted by Crippen LogP contribution is -2.21. The fourth-order valence-electron chi connectivity index (χ4n) is 3.55. The van der Waals surface area contributed by atoms with Crippen LogP contribution in [0.4, 0.5) is 5.13 Å². The molecular formula is C28H22ClN5O3S. The zero-order valence-corrected chi connectivity index (χ0v) is 22.0. The molecule has 0 bridgehead atoms. The van der Waals surface area contributed by atoms with Crippen molar-refractivity contribution in [3.05, 3.63) is 111 Å². The number of hydrogen-bond acceptors (Lipinski definition) is 8. The van der Waals surface area contributed by atoms with E-state index in [1.807, 2.05) is 54.8 Å². The third-order valence-corrected chi connectivity index (χ3v) is 6.62. The number of hydrogen-bond donors (Lipinski definition) is 1. The van der Waals surface area contributed by atoms with Crippen LogP contribution in [0.3, 0.4) is 0 Å². The van der Waals surface area contributed by atoms with Crippen LogP contribution >= 0.6 is 22.9 Å². The summed E-state index contributed by atoms with van der Waals surface area (Å²) < 4.78 is 12.6. The van der Waals surface area contributed by atoms with Crippen LogP contribution in [-0.4, -0.2) is 28.1 Å². The summed E-state index contributed by atoms with van der Waals surface area (Å²) in [5, 5.41) is 11.1. The molecule has 5 rings (SSSR count). The zero-order chi connectivity index (χ0) is 26.5. The molecule has 3 aromatic carbocycles. The van der Waals surface area contributed by atoms with E-state index in [1.165, 1.54) is 29.3 Å². The number of ether oxygens (including phenoxy) is 2. The zero-order valence-electron chi connectivity index (χ0n) is 20.5. The summed E-state index contributed by atoms with van der Waals surface area (Å²) in [5.41, 5.74) is 6.84. The lowest BCUT2D eigenvalue weighted by molar-refractivity contribution is 0.377. The fourth-order valence-corrected chi connectivity index (χ4v) is 4.39. The predicted molar refractivity (Wildman–Crippen MR) is 151 cm³/mol. The van der Waals surface area contributed by atoms with E-state index in [0.29, 0.717) is 22.3 Å². The summed E-state index contributed by atoms with van der Waals surface area (Å²) in [4.78, 5) is 17.4. The predicted octanol–water partition coefficient (Wildman–Crippen LogP) is 6.56. The van der Waals surface area contributed by atoms with Crippen molar-refractivity contribution in [3.63, 3.8) is 0 Å². The first-order chi connectivity index (χ1) is 18.5. The molecule has 0 atom stereocenters. The van der Waals surface area contributed by atoms with Gasteiger partial charge in [-0.2, -0.15) is 14.9 Å². The van der Waals surface area contributed by atoms with Gasteiger partial charge in [0, 0.05) is 10.9 Å². The molecule has 0 fully saturated rings. The third-order valence-electron chi connectivity index (χ3n) is 5.52. The van der Waals surface area contributed by atoms with Gasteiger partial charge in [-0.1, -0.05) is 59.6 Å². The maximum Gasteiger partial charge on any atom is 0.294 e. The van der Waals surface area contributed by atoms with Gasteiger partial charge in [-0.25, -0.2) is 4.98 Å². The molecule has 8 nitrogen and oxygen atoms in total. The van der Waals surface area contributed by atoms with Crippen molar-refractivity contribution in [2.24, 2.45) is 5.10 Å². The normalized spacial score (nSPS) is 11.0. The van der Waals surface area contributed by atoms with E-state index in [2.05, 4.69) is 20.6 Å². The number of anilines is 1. The van der Waals surface area contributed by atoms with Crippen molar-refractivity contribution in [3.8, 4) is 34.2 Å². The SMILES string of the molecule is COc1cc(C=NNc2nc(-c3ccccc3)cs2)ccc1Oc1cnn(-c2ccc(C)cc2)c(=O)c1Cl. The average molecular weight is 544 g/mol. The molecule has 0 amide bonds. The minimum absolute atomic E-state index is 0.0872. The van der Waals surface area contributed by atoms with Crippen molar-refractivity contribution in [2.75, 3.05) is 12.5 Å². The topological polar surface area (TPSA) is 90.6 Å². The average Bonchev–Trinajstić information content (AvgIpc) is 3.42. The molecule has 10 heteroatoms. The highest BCUT2D eigenvalue weighted by Crippen LogP contribution is 2.34. The Morgan fingerprint density at radius 2 is 1.82 bits per heavy atom. The Hall–Kier alpha value is -4.47. The lowest BCUT2D eigenvalue weighted by Gasteiger charge is -2.13. The number of thiazole rings is 1. The van der Waals surface area contributed by atoms with Crippen molar-refractivity contribution in [1.82, 2.24) is 14.8 Å². The summed E-state index contributed by atoms with van der Waals surface area (Å²) in [6.07, 6.45) is 3.05. The number of halogens is 1. The maximum atomic E-state index is 12.8. The molecule has 190 valence electrons. The highest BCUT2D eigenvalue weighted by atomic mass is 35.5. The van der Waals surface area contributed by atoms with Crippen molar-refractivity contribution in [2.45, 2.75) is 6.92 Å². The molecule has 0 aliphatic carbocycles. The monoisotopic (exact) mass is 543 g/mol. The molecule has 1 N–H and O–H groups in total. The molecule has 0 spiro atoms. The summed E-state index contributed by atoms with van der Waals surface area (Å²) in [5.74, 6) is 0.939. The first kappa shape index (κ1) is 25.2. The van der Waals surface area contributed by atoms with Gasteiger partial charge >= 0.3 is 0 Å². The Morgan fingerprint density at radius 3 is 2.58 bits per heavy atom. The molecule has 38 heavy (non-hydrogen) atoms. The summed E-state index contributed by atoms with van der Waals surface area (Å²) in [7, 11) is 1.53. The van der Waals surface area contributed by atoms with E-state index in [1.54, 1.807) is 36.5 Å². The van der Waals surface area contributed by atoms with E-state index in [-0.39, 0.29) is 10.8 Å². The molecule has 0 unspecified atom stereocenters. The van der Waals surface area contributed by atoms with Crippen LogP contribution in [0.5, 0.6) is 17.2 Å². The van der Waals surface area contributed by atoms with Crippen LogP contribution in [0.2, 0.25) is 5.02 Å². The van der Waals surface area contributed by atoms with Crippen LogP contribution in [0.1, 0.15) is 11.1 Å². The molecule has 2 aromatic heterocycles. The highest BCUT2D eigenvalue weighted by Gasteiger charge is 2.15. The Labute approximate surface area is 227 Å². The molecule has 2 heterocycles. The number of aryl methyl sites for hydroxylation is 1. The molecule has 5 aromatic rings. The molecule has 0 aliphatic rings. The Kier molecular flexibility index (Phi) is 7.48. The van der Waals surface area contributed by atoms with Crippen molar-refractivity contribution >= 4 is 34.3 Å². The second-order valence-electron chi connectivity index (χ2n) is 8.16. The minimum atomic E-state index is -0.487. The van der Waals surface area contributed by atoms with E-state index >= 15 is 0 Å². The van der Waals surface area contributed by atoms with Gasteiger partial charge in [-0.05, 0) is 42.8 Å². The molecule has 0 radical (unpaired) electrons. The smallest absolute Gasteiger partial charge is 0.294 e. The number of aromatic nitrogens is 3. The number of benzene rings is 3. The van der Waals surface area contributed by atoms with Gasteiger partial charge in [0.1, 0.15) is 0 Å². The Morgan fingerprint density at radius 1 is 1.03 bits per heavy atom. The number of rotatable bonds is 8. The Balaban J connectivity index is 1.29. The van der Waals surface area contributed by atoms with Crippen LogP contribution < -0.4 is 20.5 Å². The van der Waals surface area contributed by atoms with Gasteiger partial charge < -0.3 is 9.47 Å². The van der Waals surface area contributed by atoms with Crippen LogP contribution in [0, 0.1) is 6.92 Å². The van der Waals surface area contributed by atoms with Gasteiger partial charge in [-0.3, -0.25) is 10.2 Å². The van der Waals surface area contributed by atoms with Crippen LogP contribution in [0.15, 0.2) is 94.3 Å². The number of nitrogens with zero attached hydrogens (tertiary/aromatic N) is 4. The largest absolute Gasteiger partial charge is 0.493 e. The molecular weight excluding hydrogens is 522 g/mol. The van der Waals surface area contributed by atoms with E-state index in [0.717, 1.165) is 22.4 Å². The number of hydrazone groups is 1. The van der Waals surface area contributed by atoms with E-state index in [9.17, 15) is 4.79 Å². The Bertz CT molecular complexity index is 1650. The summed E-state index contributed by atoms with van der Waals surface area (Å²) >= 11 is 7.82. The van der Waals surface area contributed by atoms with Crippen LogP contribution in [-0.2, 0) is 0 Å². The van der Waals surface area contributed by atoms with Crippen LogP contribution in [0.25, 0.3) is 16.9 Å². The molecule has 0 saturated carbocycles. The standard InChI is InChI=1S/C28H22ClN5O3S/c1-18-8-11-21(12-9-18)34-27(35)26(29)25(16-31-34)37-23-13-10-19(14-24(23)36-2)15-30-33-28-32-22(17-38-28)20-6-4-3-5-7-20/h3-17H,1-2H3,(H,32,33).